The van der Waals surface area contributed by atoms with Crippen LogP contribution in [0.4, 0.5) is 0 Å². The van der Waals surface area contributed by atoms with E-state index >= 15 is 0 Å². The predicted octanol–water partition coefficient (Wildman–Crippen LogP) is 1.79. The number of aromatic nitrogens is 4. The van der Waals surface area contributed by atoms with Crippen molar-refractivity contribution in [3.8, 4) is 11.3 Å². The topological polar surface area (TPSA) is 74.4 Å². The van der Waals surface area contributed by atoms with Gasteiger partial charge in [-0.2, -0.15) is 4.98 Å². The van der Waals surface area contributed by atoms with E-state index in [9.17, 15) is 9.59 Å². The fourth-order valence-electron chi connectivity index (χ4n) is 2.78. The van der Waals surface area contributed by atoms with Gasteiger partial charge < -0.3 is 4.42 Å². The molecule has 3 aromatic heterocycles. The largest absolute Gasteiger partial charge is 0.423 e. The summed E-state index contributed by atoms with van der Waals surface area (Å²) in [7, 11) is 1.58. The summed E-state index contributed by atoms with van der Waals surface area (Å²) in [5.74, 6) is 0.871. The predicted molar refractivity (Wildman–Crippen MR) is 90.1 cm³/mol. The number of hydrogen-bond donors (Lipinski definition) is 0. The lowest BCUT2D eigenvalue weighted by Gasteiger charge is -2.05. The standard InChI is InChI=1S/C17H14N4O3/c1-3-9-20-15(22)13-14(19(2)17(20)23)18-16-21(13)10-12(24-16)11-7-5-4-6-8-11/h3-8,10H,1,9H2,2H3. The molecule has 0 unspecified atom stereocenters. The Kier molecular flexibility index (Phi) is 3.02. The molecule has 4 rings (SSSR count). The van der Waals surface area contributed by atoms with Crippen molar-refractivity contribution >= 4 is 17.0 Å². The van der Waals surface area contributed by atoms with Crippen molar-refractivity contribution in [3.63, 3.8) is 0 Å². The van der Waals surface area contributed by atoms with E-state index in [1.165, 1.54) is 10.6 Å². The lowest BCUT2D eigenvalue weighted by molar-refractivity contribution is 0.610. The molecule has 0 aliphatic rings. The molecule has 0 amide bonds. The van der Waals surface area contributed by atoms with Crippen LogP contribution in [0.25, 0.3) is 28.3 Å². The molecule has 0 radical (unpaired) electrons. The Morgan fingerprint density at radius 2 is 2.00 bits per heavy atom. The highest BCUT2D eigenvalue weighted by Crippen LogP contribution is 2.24. The van der Waals surface area contributed by atoms with Crippen LogP contribution in [0.2, 0.25) is 0 Å². The number of nitrogens with zero attached hydrogens (tertiary/aromatic N) is 4. The highest BCUT2D eigenvalue weighted by atomic mass is 16.4. The minimum absolute atomic E-state index is 0.137. The number of imidazole rings is 1. The maximum absolute atomic E-state index is 12.7. The van der Waals surface area contributed by atoms with Crippen molar-refractivity contribution in [2.45, 2.75) is 6.54 Å². The molecule has 1 aromatic carbocycles. The summed E-state index contributed by atoms with van der Waals surface area (Å²) in [6.45, 7) is 3.73. The first kappa shape index (κ1) is 14.3. The summed E-state index contributed by atoms with van der Waals surface area (Å²) in [5, 5.41) is 0. The number of fused-ring (bicyclic) bond motifs is 3. The van der Waals surface area contributed by atoms with Crippen LogP contribution in [-0.2, 0) is 13.6 Å². The number of aryl methyl sites for hydroxylation is 1. The van der Waals surface area contributed by atoms with E-state index in [0.29, 0.717) is 16.9 Å². The highest BCUT2D eigenvalue weighted by molar-refractivity contribution is 5.76. The van der Waals surface area contributed by atoms with E-state index in [-0.39, 0.29) is 12.4 Å². The summed E-state index contributed by atoms with van der Waals surface area (Å²) in [5.41, 5.74) is 0.633. The molecule has 7 nitrogen and oxygen atoms in total. The van der Waals surface area contributed by atoms with Gasteiger partial charge in [-0.1, -0.05) is 36.4 Å². The lowest BCUT2D eigenvalue weighted by Crippen LogP contribution is -2.39. The fraction of sp³-hybridized carbons (Fsp3) is 0.118. The van der Waals surface area contributed by atoms with Crippen molar-refractivity contribution in [2.24, 2.45) is 7.05 Å². The van der Waals surface area contributed by atoms with Gasteiger partial charge in [0.2, 0.25) is 0 Å². The average molecular weight is 322 g/mol. The van der Waals surface area contributed by atoms with E-state index in [2.05, 4.69) is 11.6 Å². The van der Waals surface area contributed by atoms with Gasteiger partial charge in [-0.05, 0) is 0 Å². The third-order valence-electron chi connectivity index (χ3n) is 3.96. The zero-order valence-corrected chi connectivity index (χ0v) is 13.0. The molecule has 0 aliphatic heterocycles. The van der Waals surface area contributed by atoms with Gasteiger partial charge in [-0.25, -0.2) is 4.79 Å². The minimum Gasteiger partial charge on any atom is -0.423 e. The molecule has 3 heterocycles. The minimum atomic E-state index is -0.434. The molecule has 0 aliphatic carbocycles. The molecule has 24 heavy (non-hydrogen) atoms. The van der Waals surface area contributed by atoms with Gasteiger partial charge in [0.1, 0.15) is 0 Å². The van der Waals surface area contributed by atoms with Crippen LogP contribution < -0.4 is 11.2 Å². The van der Waals surface area contributed by atoms with E-state index in [0.717, 1.165) is 10.1 Å². The SMILES string of the molecule is C=CCn1c(=O)c2c(nc3oc(-c4ccccc4)cn32)n(C)c1=O. The molecule has 0 spiro atoms. The average Bonchev–Trinajstić information content (AvgIpc) is 3.15. The van der Waals surface area contributed by atoms with Crippen LogP contribution in [0.3, 0.4) is 0 Å². The number of benzene rings is 1. The first-order chi connectivity index (χ1) is 11.6. The third-order valence-corrected chi connectivity index (χ3v) is 3.96. The van der Waals surface area contributed by atoms with Gasteiger partial charge in [-0.3, -0.25) is 18.3 Å². The number of allylic oxidation sites excluding steroid dienone is 1. The number of oxazole rings is 1. The van der Waals surface area contributed by atoms with Crippen LogP contribution in [-0.4, -0.2) is 18.5 Å². The van der Waals surface area contributed by atoms with Gasteiger partial charge in [0.25, 0.3) is 5.56 Å². The second-order valence-electron chi connectivity index (χ2n) is 5.44. The lowest BCUT2D eigenvalue weighted by atomic mass is 10.2. The Hall–Kier alpha value is -3.35. The van der Waals surface area contributed by atoms with Crippen LogP contribution in [0.5, 0.6) is 0 Å². The number of hydrogen-bond acceptors (Lipinski definition) is 4. The van der Waals surface area contributed by atoms with E-state index in [1.54, 1.807) is 17.6 Å². The molecule has 0 bridgehead atoms. The Balaban J connectivity index is 2.08. The smallest absolute Gasteiger partial charge is 0.332 e. The van der Waals surface area contributed by atoms with Gasteiger partial charge in [0.15, 0.2) is 16.9 Å². The molecule has 0 fully saturated rings. The van der Waals surface area contributed by atoms with Crippen LogP contribution in [0, 0.1) is 0 Å². The Labute approximate surface area is 135 Å². The normalized spacial score (nSPS) is 11.4. The monoisotopic (exact) mass is 322 g/mol. The van der Waals surface area contributed by atoms with Crippen LogP contribution in [0.15, 0.2) is 63.2 Å². The van der Waals surface area contributed by atoms with E-state index in [4.69, 9.17) is 4.42 Å². The maximum atomic E-state index is 12.7. The summed E-state index contributed by atoms with van der Waals surface area (Å²) in [6, 6.07) is 9.54. The van der Waals surface area contributed by atoms with Gasteiger partial charge in [0.05, 0.1) is 6.20 Å². The molecule has 0 atom stereocenters. The van der Waals surface area contributed by atoms with Crippen LogP contribution >= 0.6 is 0 Å². The van der Waals surface area contributed by atoms with Gasteiger partial charge in [-0.15, -0.1) is 6.58 Å². The molecule has 4 aromatic rings. The Morgan fingerprint density at radius 1 is 1.25 bits per heavy atom. The maximum Gasteiger partial charge on any atom is 0.332 e. The van der Waals surface area contributed by atoms with Crippen molar-refractivity contribution in [2.75, 3.05) is 0 Å². The zero-order chi connectivity index (χ0) is 16.8. The van der Waals surface area contributed by atoms with Crippen molar-refractivity contribution < 1.29 is 4.42 Å². The second-order valence-corrected chi connectivity index (χ2v) is 5.44. The first-order valence-corrected chi connectivity index (χ1v) is 7.39. The highest BCUT2D eigenvalue weighted by Gasteiger charge is 2.19. The summed E-state index contributed by atoms with van der Waals surface area (Å²) in [6.07, 6.45) is 3.22. The fourth-order valence-corrected chi connectivity index (χ4v) is 2.78. The number of rotatable bonds is 3. The zero-order valence-electron chi connectivity index (χ0n) is 13.0. The quantitative estimate of drug-likeness (QED) is 0.539. The van der Waals surface area contributed by atoms with Crippen molar-refractivity contribution in [1.82, 2.24) is 18.5 Å². The molecule has 0 saturated carbocycles. The second kappa shape index (κ2) is 5.09. The Bertz CT molecular complexity index is 1190. The Morgan fingerprint density at radius 3 is 2.71 bits per heavy atom. The van der Waals surface area contributed by atoms with E-state index < -0.39 is 11.2 Å². The molecular formula is C17H14N4O3. The van der Waals surface area contributed by atoms with E-state index in [1.807, 2.05) is 30.3 Å². The third kappa shape index (κ3) is 1.88. The van der Waals surface area contributed by atoms with Crippen molar-refractivity contribution in [3.05, 3.63) is 70.0 Å². The van der Waals surface area contributed by atoms with Crippen molar-refractivity contribution in [1.29, 1.82) is 0 Å². The van der Waals surface area contributed by atoms with Crippen LogP contribution in [0.1, 0.15) is 0 Å². The molecule has 7 heteroatoms. The molecular weight excluding hydrogens is 308 g/mol. The summed E-state index contributed by atoms with van der Waals surface area (Å²) < 4.78 is 9.80. The van der Waals surface area contributed by atoms with Gasteiger partial charge >= 0.3 is 11.5 Å². The molecule has 0 saturated heterocycles. The molecule has 0 N–H and O–H groups in total. The van der Waals surface area contributed by atoms with Gasteiger partial charge in [0, 0.05) is 19.2 Å². The first-order valence-electron chi connectivity index (χ1n) is 7.39. The summed E-state index contributed by atoms with van der Waals surface area (Å²) >= 11 is 0. The summed E-state index contributed by atoms with van der Waals surface area (Å²) in [4.78, 5) is 29.3. The molecule has 120 valence electrons.